The zero-order valence-electron chi connectivity index (χ0n) is 8.51. The summed E-state index contributed by atoms with van der Waals surface area (Å²) < 4.78 is 5.78. The molecule has 0 spiro atoms. The molecule has 0 aromatic rings. The molecule has 1 unspecified atom stereocenters. The molecule has 0 radical (unpaired) electrons. The predicted octanol–water partition coefficient (Wildman–Crippen LogP) is 1.47. The van der Waals surface area contributed by atoms with Crippen LogP contribution < -0.4 is 5.32 Å². The van der Waals surface area contributed by atoms with Crippen LogP contribution in [0.3, 0.4) is 0 Å². The van der Waals surface area contributed by atoms with Crippen molar-refractivity contribution in [3.05, 3.63) is 0 Å². The van der Waals surface area contributed by atoms with Gasteiger partial charge in [-0.1, -0.05) is 13.8 Å². The van der Waals surface area contributed by atoms with Crippen molar-refractivity contribution in [1.82, 2.24) is 5.32 Å². The molecule has 0 bridgehead atoms. The van der Waals surface area contributed by atoms with E-state index in [0.29, 0.717) is 6.04 Å². The van der Waals surface area contributed by atoms with Crippen molar-refractivity contribution in [3.8, 4) is 0 Å². The lowest BCUT2D eigenvalue weighted by Crippen LogP contribution is -2.46. The van der Waals surface area contributed by atoms with Gasteiger partial charge in [0.15, 0.2) is 0 Å². The fraction of sp³-hybridized carbons (Fsp3) is 0.900. The second-order valence-corrected chi connectivity index (χ2v) is 3.71. The fourth-order valence-electron chi connectivity index (χ4n) is 2.01. The van der Waals surface area contributed by atoms with Crippen molar-refractivity contribution in [3.63, 3.8) is 0 Å². The Balaban J connectivity index is 2.52. The van der Waals surface area contributed by atoms with Crippen LogP contribution in [0, 0.1) is 0 Å². The first kappa shape index (κ1) is 10.5. The van der Waals surface area contributed by atoms with Crippen LogP contribution in [0.15, 0.2) is 0 Å². The van der Waals surface area contributed by atoms with E-state index in [4.69, 9.17) is 4.74 Å². The number of nitrogens with one attached hydrogen (secondary N) is 1. The molecule has 0 saturated carbocycles. The van der Waals surface area contributed by atoms with Crippen LogP contribution in [-0.4, -0.2) is 24.7 Å². The highest BCUT2D eigenvalue weighted by Gasteiger charge is 2.34. The van der Waals surface area contributed by atoms with Gasteiger partial charge in [0.25, 0.3) is 0 Å². The van der Waals surface area contributed by atoms with Crippen LogP contribution in [0.2, 0.25) is 0 Å². The van der Waals surface area contributed by atoms with E-state index in [1.807, 2.05) is 0 Å². The molecule has 76 valence electrons. The molecule has 1 atom stereocenters. The van der Waals surface area contributed by atoms with Gasteiger partial charge >= 0.3 is 0 Å². The highest BCUT2D eigenvalue weighted by Crippen LogP contribution is 2.31. The number of carbonyl (C=O) groups is 1. The lowest BCUT2D eigenvalue weighted by molar-refractivity contribution is -0.115. The van der Waals surface area contributed by atoms with E-state index in [1.165, 1.54) is 0 Å². The molecule has 0 aromatic carbocycles. The van der Waals surface area contributed by atoms with Crippen molar-refractivity contribution < 1.29 is 9.53 Å². The Morgan fingerprint density at radius 1 is 1.54 bits per heavy atom. The summed E-state index contributed by atoms with van der Waals surface area (Å²) in [6.07, 6.45) is 4.76. The molecular weight excluding hydrogens is 166 g/mol. The second kappa shape index (κ2) is 4.61. The molecule has 3 nitrogen and oxygen atoms in total. The topological polar surface area (TPSA) is 38.3 Å². The molecule has 1 N–H and O–H groups in total. The summed E-state index contributed by atoms with van der Waals surface area (Å²) in [6.45, 7) is 5.06. The van der Waals surface area contributed by atoms with Crippen LogP contribution in [-0.2, 0) is 9.53 Å². The molecule has 0 aromatic heterocycles. The van der Waals surface area contributed by atoms with E-state index in [0.717, 1.165) is 38.7 Å². The van der Waals surface area contributed by atoms with Crippen molar-refractivity contribution in [2.75, 3.05) is 6.61 Å². The summed E-state index contributed by atoms with van der Waals surface area (Å²) in [7, 11) is 0. The second-order valence-electron chi connectivity index (χ2n) is 3.71. The number of rotatable bonds is 4. The maximum atomic E-state index is 10.3. The normalized spacial score (nSPS) is 26.8. The molecule has 1 heterocycles. The molecule has 13 heavy (non-hydrogen) atoms. The van der Waals surface area contributed by atoms with Gasteiger partial charge in [-0.25, -0.2) is 0 Å². The molecule has 1 aliphatic heterocycles. The summed E-state index contributed by atoms with van der Waals surface area (Å²) in [6, 6.07) is 0.311. The van der Waals surface area contributed by atoms with E-state index >= 15 is 0 Å². The van der Waals surface area contributed by atoms with Gasteiger partial charge in [0, 0.05) is 12.6 Å². The van der Waals surface area contributed by atoms with Gasteiger partial charge in [-0.15, -0.1) is 0 Å². The Morgan fingerprint density at radius 2 is 2.23 bits per heavy atom. The first-order valence-electron chi connectivity index (χ1n) is 5.10. The van der Waals surface area contributed by atoms with Crippen molar-refractivity contribution >= 4 is 6.41 Å². The lowest BCUT2D eigenvalue weighted by atomic mass is 9.86. The minimum absolute atomic E-state index is 0.0128. The molecular formula is C10H19NO2. The minimum atomic E-state index is 0.0128. The summed E-state index contributed by atoms with van der Waals surface area (Å²) >= 11 is 0. The molecule has 1 rings (SSSR count). The number of hydrogen-bond acceptors (Lipinski definition) is 2. The van der Waals surface area contributed by atoms with Crippen LogP contribution in [0.1, 0.15) is 39.5 Å². The highest BCUT2D eigenvalue weighted by molar-refractivity contribution is 5.46. The quantitative estimate of drug-likeness (QED) is 0.673. The Kier molecular flexibility index (Phi) is 3.72. The molecule has 1 fully saturated rings. The van der Waals surface area contributed by atoms with Crippen molar-refractivity contribution in [2.24, 2.45) is 0 Å². The standard InChI is InChI=1S/C10H19NO2/c1-3-10(4-2)7-9(11-8-12)5-6-13-10/h8-9H,3-7H2,1-2H3,(H,11,12). The van der Waals surface area contributed by atoms with Gasteiger partial charge in [0.2, 0.25) is 6.41 Å². The Labute approximate surface area is 79.8 Å². The summed E-state index contributed by atoms with van der Waals surface area (Å²) in [5, 5.41) is 2.85. The number of amides is 1. The fourth-order valence-corrected chi connectivity index (χ4v) is 2.01. The van der Waals surface area contributed by atoms with E-state index in [-0.39, 0.29) is 5.60 Å². The SMILES string of the molecule is CCC1(CC)CC(NC=O)CCO1. The van der Waals surface area contributed by atoms with Gasteiger partial charge in [0.05, 0.1) is 5.60 Å². The summed E-state index contributed by atoms with van der Waals surface area (Å²) in [5.74, 6) is 0. The van der Waals surface area contributed by atoms with Gasteiger partial charge in [-0.3, -0.25) is 4.79 Å². The van der Waals surface area contributed by atoms with Gasteiger partial charge < -0.3 is 10.1 Å². The molecule has 1 saturated heterocycles. The molecule has 0 aliphatic carbocycles. The third-order valence-electron chi connectivity index (χ3n) is 3.09. The van der Waals surface area contributed by atoms with Crippen LogP contribution in [0.4, 0.5) is 0 Å². The first-order chi connectivity index (χ1) is 6.26. The van der Waals surface area contributed by atoms with Crippen LogP contribution >= 0.6 is 0 Å². The van der Waals surface area contributed by atoms with E-state index in [9.17, 15) is 4.79 Å². The largest absolute Gasteiger partial charge is 0.375 e. The molecule has 1 aliphatic rings. The van der Waals surface area contributed by atoms with E-state index in [1.54, 1.807) is 0 Å². The predicted molar refractivity (Wildman–Crippen MR) is 51.5 cm³/mol. The highest BCUT2D eigenvalue weighted by atomic mass is 16.5. The molecule has 3 heteroatoms. The average molecular weight is 185 g/mol. The average Bonchev–Trinajstić information content (AvgIpc) is 2.19. The number of carbonyl (C=O) groups excluding carboxylic acids is 1. The van der Waals surface area contributed by atoms with Crippen molar-refractivity contribution in [1.29, 1.82) is 0 Å². The van der Waals surface area contributed by atoms with Crippen LogP contribution in [0.5, 0.6) is 0 Å². The van der Waals surface area contributed by atoms with Gasteiger partial charge in [-0.2, -0.15) is 0 Å². The summed E-state index contributed by atoms with van der Waals surface area (Å²) in [5.41, 5.74) is 0.0128. The lowest BCUT2D eigenvalue weighted by Gasteiger charge is -2.39. The van der Waals surface area contributed by atoms with Gasteiger partial charge in [0.1, 0.15) is 0 Å². The van der Waals surface area contributed by atoms with Crippen molar-refractivity contribution in [2.45, 2.75) is 51.2 Å². The first-order valence-corrected chi connectivity index (χ1v) is 5.10. The Morgan fingerprint density at radius 3 is 2.77 bits per heavy atom. The third kappa shape index (κ3) is 2.44. The number of ether oxygens (including phenoxy) is 1. The zero-order chi connectivity index (χ0) is 9.73. The summed E-state index contributed by atoms with van der Waals surface area (Å²) in [4.78, 5) is 10.3. The van der Waals surface area contributed by atoms with E-state index in [2.05, 4.69) is 19.2 Å². The Hall–Kier alpha value is -0.570. The van der Waals surface area contributed by atoms with Gasteiger partial charge in [-0.05, 0) is 25.7 Å². The monoisotopic (exact) mass is 185 g/mol. The minimum Gasteiger partial charge on any atom is -0.375 e. The third-order valence-corrected chi connectivity index (χ3v) is 3.09. The Bertz CT molecular complexity index is 166. The number of hydrogen-bond donors (Lipinski definition) is 1. The molecule has 1 amide bonds. The van der Waals surface area contributed by atoms with E-state index < -0.39 is 0 Å². The van der Waals surface area contributed by atoms with Crippen LogP contribution in [0.25, 0.3) is 0 Å². The maximum Gasteiger partial charge on any atom is 0.207 e. The smallest absolute Gasteiger partial charge is 0.207 e. The maximum absolute atomic E-state index is 10.3. The zero-order valence-corrected chi connectivity index (χ0v) is 8.51.